The number of nitrogens with zero attached hydrogens (tertiary/aromatic N) is 1. The van der Waals surface area contributed by atoms with E-state index in [4.69, 9.17) is 0 Å². The summed E-state index contributed by atoms with van der Waals surface area (Å²) < 4.78 is 2.77. The Morgan fingerprint density at radius 3 is 2.65 bits per heavy atom. The maximum atomic E-state index is 4.55. The van der Waals surface area contributed by atoms with Crippen LogP contribution < -0.4 is 0 Å². The van der Waals surface area contributed by atoms with Crippen LogP contribution in [0.2, 0.25) is 0 Å². The first-order valence-corrected chi connectivity index (χ1v) is 9.48. The minimum Gasteiger partial charge on any atom is -0.256 e. The first kappa shape index (κ1) is 13.0. The van der Waals surface area contributed by atoms with E-state index in [0.29, 0.717) is 0 Å². The van der Waals surface area contributed by atoms with E-state index in [1.807, 2.05) is 59.3 Å². The number of rotatable bonds is 1. The Kier molecular flexibility index (Phi) is 3.60. The Balaban J connectivity index is 1.65. The molecule has 1 aromatic carbocycles. The van der Waals surface area contributed by atoms with E-state index in [9.17, 15) is 0 Å². The molecule has 0 unspecified atom stereocenters. The number of hydrogen-bond acceptors (Lipinski definition) is 5. The Bertz CT molecular complexity index is 766. The lowest BCUT2D eigenvalue weighted by Gasteiger charge is -2.04. The monoisotopic (exact) mass is 331 g/mol. The van der Waals surface area contributed by atoms with Crippen molar-refractivity contribution in [3.63, 3.8) is 0 Å². The highest BCUT2D eigenvalue weighted by Gasteiger charge is 2.19. The molecule has 0 saturated heterocycles. The SMILES string of the molecule is C1=CSC(=C2SC=C(c3cnc4ccccc4c3)S2)S1. The van der Waals surface area contributed by atoms with E-state index in [0.717, 1.165) is 5.52 Å². The van der Waals surface area contributed by atoms with Crippen molar-refractivity contribution in [3.05, 3.63) is 66.8 Å². The van der Waals surface area contributed by atoms with Gasteiger partial charge in [0.15, 0.2) is 0 Å². The fraction of sp³-hybridized carbons (Fsp3) is 0. The molecule has 0 bridgehead atoms. The van der Waals surface area contributed by atoms with Crippen LogP contribution in [-0.2, 0) is 0 Å². The summed E-state index contributed by atoms with van der Waals surface area (Å²) in [6.07, 6.45) is 1.97. The van der Waals surface area contributed by atoms with Gasteiger partial charge in [0.1, 0.15) is 0 Å². The third-order valence-electron chi connectivity index (χ3n) is 2.92. The molecule has 20 heavy (non-hydrogen) atoms. The smallest absolute Gasteiger partial charge is 0.0702 e. The van der Waals surface area contributed by atoms with Crippen LogP contribution in [0, 0.1) is 0 Å². The largest absolute Gasteiger partial charge is 0.256 e. The van der Waals surface area contributed by atoms with E-state index in [1.165, 1.54) is 24.3 Å². The molecular weight excluding hydrogens is 322 g/mol. The molecule has 3 heterocycles. The van der Waals surface area contributed by atoms with E-state index >= 15 is 0 Å². The van der Waals surface area contributed by atoms with Crippen molar-refractivity contribution in [2.45, 2.75) is 0 Å². The van der Waals surface area contributed by atoms with Gasteiger partial charge in [0.2, 0.25) is 0 Å². The van der Waals surface area contributed by atoms with Gasteiger partial charge in [-0.15, -0.1) is 0 Å². The second-order valence-electron chi connectivity index (χ2n) is 4.20. The Morgan fingerprint density at radius 1 is 0.900 bits per heavy atom. The molecule has 1 aromatic heterocycles. The van der Waals surface area contributed by atoms with Crippen molar-refractivity contribution < 1.29 is 0 Å². The standard InChI is InChI=1S/C15H9NS4/c1-2-4-12-10(3-1)7-11(8-16-12)13-9-19-15(20-13)14-17-5-6-18-14/h1-9H. The first-order valence-electron chi connectivity index (χ1n) is 6.02. The summed E-state index contributed by atoms with van der Waals surface area (Å²) in [7, 11) is 0. The van der Waals surface area contributed by atoms with Gasteiger partial charge in [-0.05, 0) is 28.4 Å². The highest BCUT2D eigenvalue weighted by atomic mass is 32.2. The van der Waals surface area contributed by atoms with Gasteiger partial charge in [-0.3, -0.25) is 4.98 Å². The van der Waals surface area contributed by atoms with Crippen molar-refractivity contribution >= 4 is 62.9 Å². The lowest BCUT2D eigenvalue weighted by atomic mass is 10.1. The molecule has 98 valence electrons. The van der Waals surface area contributed by atoms with Crippen LogP contribution in [0.15, 0.2) is 61.2 Å². The topological polar surface area (TPSA) is 12.9 Å². The summed E-state index contributed by atoms with van der Waals surface area (Å²) in [4.78, 5) is 5.84. The van der Waals surface area contributed by atoms with Crippen molar-refractivity contribution in [1.82, 2.24) is 4.98 Å². The zero-order chi connectivity index (χ0) is 13.4. The van der Waals surface area contributed by atoms with Crippen molar-refractivity contribution in [3.8, 4) is 0 Å². The summed E-state index contributed by atoms with van der Waals surface area (Å²) >= 11 is 7.29. The summed E-state index contributed by atoms with van der Waals surface area (Å²) in [5.41, 5.74) is 2.26. The minimum absolute atomic E-state index is 1.05. The molecule has 4 rings (SSSR count). The maximum Gasteiger partial charge on any atom is 0.0702 e. The van der Waals surface area contributed by atoms with Crippen molar-refractivity contribution in [2.75, 3.05) is 0 Å². The van der Waals surface area contributed by atoms with Gasteiger partial charge < -0.3 is 0 Å². The van der Waals surface area contributed by atoms with Gasteiger partial charge in [0, 0.05) is 22.1 Å². The van der Waals surface area contributed by atoms with Crippen LogP contribution in [0.25, 0.3) is 15.8 Å². The molecule has 2 aliphatic heterocycles. The molecule has 0 radical (unpaired) electrons. The second kappa shape index (κ2) is 5.56. The quantitative estimate of drug-likeness (QED) is 0.625. The van der Waals surface area contributed by atoms with Crippen LogP contribution in [0.5, 0.6) is 0 Å². The van der Waals surface area contributed by atoms with E-state index in [1.54, 1.807) is 0 Å². The molecule has 0 aliphatic carbocycles. The lowest BCUT2D eigenvalue weighted by Crippen LogP contribution is -1.83. The number of hydrogen-bond donors (Lipinski definition) is 0. The maximum absolute atomic E-state index is 4.55. The van der Waals surface area contributed by atoms with Gasteiger partial charge in [0.25, 0.3) is 0 Å². The molecule has 0 spiro atoms. The lowest BCUT2D eigenvalue weighted by molar-refractivity contribution is 1.40. The molecule has 2 aliphatic rings. The van der Waals surface area contributed by atoms with Gasteiger partial charge in [-0.1, -0.05) is 65.2 Å². The van der Waals surface area contributed by atoms with E-state index < -0.39 is 0 Å². The summed E-state index contributed by atoms with van der Waals surface area (Å²) in [6.45, 7) is 0. The van der Waals surface area contributed by atoms with Crippen molar-refractivity contribution in [1.29, 1.82) is 0 Å². The average molecular weight is 332 g/mol. The molecule has 0 N–H and O–H groups in total. The number of para-hydroxylation sites is 1. The molecule has 1 nitrogen and oxygen atoms in total. The van der Waals surface area contributed by atoms with Gasteiger partial charge in [-0.25, -0.2) is 0 Å². The van der Waals surface area contributed by atoms with Crippen LogP contribution in [0.1, 0.15) is 5.56 Å². The van der Waals surface area contributed by atoms with Gasteiger partial charge >= 0.3 is 0 Å². The fourth-order valence-electron chi connectivity index (χ4n) is 1.98. The summed E-state index contributed by atoms with van der Waals surface area (Å²) in [6, 6.07) is 10.5. The van der Waals surface area contributed by atoms with Gasteiger partial charge in [-0.2, -0.15) is 0 Å². The predicted octanol–water partition coefficient (Wildman–Crippen LogP) is 6.09. The number of benzene rings is 1. The molecule has 0 amide bonds. The van der Waals surface area contributed by atoms with Crippen LogP contribution >= 0.6 is 47.0 Å². The van der Waals surface area contributed by atoms with Crippen LogP contribution in [-0.4, -0.2) is 4.98 Å². The minimum atomic E-state index is 1.05. The molecule has 0 fully saturated rings. The third kappa shape index (κ3) is 2.44. The Hall–Kier alpha value is -0.750. The van der Waals surface area contributed by atoms with Gasteiger partial charge in [0.05, 0.1) is 14.0 Å². The first-order chi connectivity index (χ1) is 9.90. The highest BCUT2D eigenvalue weighted by Crippen LogP contribution is 2.55. The molecular formula is C15H9NS4. The second-order valence-corrected chi connectivity index (χ2v) is 8.48. The highest BCUT2D eigenvalue weighted by molar-refractivity contribution is 8.35. The molecule has 0 atom stereocenters. The van der Waals surface area contributed by atoms with E-state index in [2.05, 4.69) is 45.5 Å². The fourth-order valence-corrected chi connectivity index (χ4v) is 6.44. The number of fused-ring (bicyclic) bond motifs is 1. The summed E-state index contributed by atoms with van der Waals surface area (Å²) in [5.74, 6) is 0. The van der Waals surface area contributed by atoms with Crippen LogP contribution in [0.4, 0.5) is 0 Å². The zero-order valence-electron chi connectivity index (χ0n) is 10.3. The van der Waals surface area contributed by atoms with Crippen LogP contribution in [0.3, 0.4) is 0 Å². The number of thioether (sulfide) groups is 4. The third-order valence-corrected chi connectivity index (χ3v) is 7.99. The van der Waals surface area contributed by atoms with E-state index in [-0.39, 0.29) is 0 Å². The van der Waals surface area contributed by atoms with Crippen molar-refractivity contribution in [2.24, 2.45) is 0 Å². The predicted molar refractivity (Wildman–Crippen MR) is 96.3 cm³/mol. The Labute approximate surface area is 134 Å². The molecule has 5 heteroatoms. The average Bonchev–Trinajstić information content (AvgIpc) is 3.17. The zero-order valence-corrected chi connectivity index (χ0v) is 13.5. The molecule has 2 aromatic rings. The summed E-state index contributed by atoms with van der Waals surface area (Å²) in [5, 5.41) is 7.72. The molecule has 0 saturated carbocycles. The Morgan fingerprint density at radius 2 is 1.75 bits per heavy atom. The normalized spacial score (nSPS) is 18.1. The number of pyridine rings is 1. The number of aromatic nitrogens is 1.